The van der Waals surface area contributed by atoms with Crippen LogP contribution in [0.5, 0.6) is 5.75 Å². The summed E-state index contributed by atoms with van der Waals surface area (Å²) in [7, 11) is 0. The summed E-state index contributed by atoms with van der Waals surface area (Å²) in [6.45, 7) is 0.781. The molecule has 2 N–H and O–H groups in total. The van der Waals surface area contributed by atoms with E-state index in [2.05, 4.69) is 0 Å². The highest BCUT2D eigenvalue weighted by atomic mass is 35.5. The van der Waals surface area contributed by atoms with Gasteiger partial charge < -0.3 is 10.5 Å². The number of hydrogen-bond acceptors (Lipinski definition) is 2. The highest BCUT2D eigenvalue weighted by molar-refractivity contribution is 6.32. The number of halogens is 1. The quantitative estimate of drug-likeness (QED) is 0.800. The fraction of sp³-hybridized carbons (Fsp3) is 0.500. The van der Waals surface area contributed by atoms with Crippen LogP contribution in [0.15, 0.2) is 18.2 Å². The lowest BCUT2D eigenvalue weighted by molar-refractivity contribution is 0.252. The van der Waals surface area contributed by atoms with Crippen molar-refractivity contribution >= 4 is 17.3 Å². The van der Waals surface area contributed by atoms with Crippen molar-refractivity contribution in [2.24, 2.45) is 5.92 Å². The Hall–Kier alpha value is -0.890. The summed E-state index contributed by atoms with van der Waals surface area (Å²) in [6, 6.07) is 5.38. The maximum atomic E-state index is 6.01. The molecule has 15 heavy (non-hydrogen) atoms. The molecule has 1 aromatic carbocycles. The van der Waals surface area contributed by atoms with Crippen LogP contribution in [0, 0.1) is 5.92 Å². The van der Waals surface area contributed by atoms with Gasteiger partial charge in [-0.2, -0.15) is 0 Å². The summed E-state index contributed by atoms with van der Waals surface area (Å²) in [5.41, 5.74) is 6.28. The van der Waals surface area contributed by atoms with Gasteiger partial charge in [0.25, 0.3) is 0 Å². The van der Waals surface area contributed by atoms with Crippen molar-refractivity contribution in [3.05, 3.63) is 23.2 Å². The van der Waals surface area contributed by atoms with Crippen LogP contribution in [0.3, 0.4) is 0 Å². The minimum absolute atomic E-state index is 0.605. The van der Waals surface area contributed by atoms with Crippen molar-refractivity contribution in [1.29, 1.82) is 0 Å². The molecule has 0 atom stereocenters. The molecule has 0 saturated heterocycles. The number of nitrogens with two attached hydrogens (primary N) is 1. The van der Waals surface area contributed by atoms with Gasteiger partial charge in [0.15, 0.2) is 0 Å². The fourth-order valence-electron chi connectivity index (χ4n) is 2.02. The molecule has 1 aromatic rings. The largest absolute Gasteiger partial charge is 0.492 e. The highest BCUT2D eigenvalue weighted by Crippen LogP contribution is 2.29. The van der Waals surface area contributed by atoms with Crippen LogP contribution >= 0.6 is 11.6 Å². The van der Waals surface area contributed by atoms with Crippen LogP contribution < -0.4 is 10.5 Å². The molecule has 0 heterocycles. The lowest BCUT2D eigenvalue weighted by Crippen LogP contribution is -2.08. The number of ether oxygens (including phenoxy) is 1. The third-order valence-corrected chi connectivity index (χ3v) is 3.20. The van der Waals surface area contributed by atoms with E-state index in [0.29, 0.717) is 16.6 Å². The third kappa shape index (κ3) is 2.78. The molecule has 2 nitrogen and oxygen atoms in total. The molecule has 1 aliphatic carbocycles. The standard InChI is InChI=1S/C12H16ClNO/c13-11-7-10(14)5-6-12(11)15-8-9-3-1-2-4-9/h5-7,9H,1-4,8,14H2. The second-order valence-electron chi connectivity index (χ2n) is 4.15. The fourth-order valence-corrected chi connectivity index (χ4v) is 2.26. The minimum Gasteiger partial charge on any atom is -0.492 e. The normalized spacial score (nSPS) is 16.9. The smallest absolute Gasteiger partial charge is 0.138 e. The van der Waals surface area contributed by atoms with Crippen molar-refractivity contribution in [3.8, 4) is 5.75 Å². The molecule has 1 fully saturated rings. The van der Waals surface area contributed by atoms with Crippen molar-refractivity contribution in [3.63, 3.8) is 0 Å². The van der Waals surface area contributed by atoms with Gasteiger partial charge in [-0.15, -0.1) is 0 Å². The first-order valence-electron chi connectivity index (χ1n) is 5.43. The average molecular weight is 226 g/mol. The topological polar surface area (TPSA) is 35.2 Å². The van der Waals surface area contributed by atoms with Crippen LogP contribution in [0.2, 0.25) is 5.02 Å². The zero-order valence-electron chi connectivity index (χ0n) is 8.71. The van der Waals surface area contributed by atoms with Gasteiger partial charge in [0.1, 0.15) is 5.75 Å². The molecule has 1 aliphatic rings. The van der Waals surface area contributed by atoms with Crippen LogP contribution in [0.25, 0.3) is 0 Å². The van der Waals surface area contributed by atoms with E-state index in [-0.39, 0.29) is 0 Å². The van der Waals surface area contributed by atoms with Crippen LogP contribution in [-0.2, 0) is 0 Å². The number of benzene rings is 1. The zero-order valence-corrected chi connectivity index (χ0v) is 9.46. The van der Waals surface area contributed by atoms with Crippen molar-refractivity contribution in [2.45, 2.75) is 25.7 Å². The van der Waals surface area contributed by atoms with E-state index in [4.69, 9.17) is 22.1 Å². The molecule has 0 amide bonds. The maximum absolute atomic E-state index is 6.01. The number of nitrogen functional groups attached to an aromatic ring is 1. The predicted molar refractivity (Wildman–Crippen MR) is 63.3 cm³/mol. The molecule has 0 unspecified atom stereocenters. The van der Waals surface area contributed by atoms with Gasteiger partial charge in [-0.25, -0.2) is 0 Å². The van der Waals surface area contributed by atoms with Gasteiger partial charge in [0.05, 0.1) is 11.6 Å². The molecule has 3 heteroatoms. The SMILES string of the molecule is Nc1ccc(OCC2CCCC2)c(Cl)c1. The first-order chi connectivity index (χ1) is 7.25. The Bertz CT molecular complexity index is 334. The highest BCUT2D eigenvalue weighted by Gasteiger charge is 2.15. The second-order valence-corrected chi connectivity index (χ2v) is 4.56. The minimum atomic E-state index is 0.605. The van der Waals surface area contributed by atoms with Gasteiger partial charge in [0.2, 0.25) is 0 Å². The van der Waals surface area contributed by atoms with Gasteiger partial charge >= 0.3 is 0 Å². The lowest BCUT2D eigenvalue weighted by Gasteiger charge is -2.12. The van der Waals surface area contributed by atoms with Gasteiger partial charge in [-0.05, 0) is 37.0 Å². The Morgan fingerprint density at radius 2 is 2.07 bits per heavy atom. The van der Waals surface area contributed by atoms with E-state index in [9.17, 15) is 0 Å². The summed E-state index contributed by atoms with van der Waals surface area (Å²) in [5, 5.41) is 0.605. The molecule has 2 rings (SSSR count). The summed E-state index contributed by atoms with van der Waals surface area (Å²) >= 11 is 6.01. The number of rotatable bonds is 3. The summed E-state index contributed by atoms with van der Waals surface area (Å²) in [6.07, 6.45) is 5.24. The maximum Gasteiger partial charge on any atom is 0.138 e. The number of anilines is 1. The Labute approximate surface area is 95.4 Å². The number of hydrogen-bond donors (Lipinski definition) is 1. The van der Waals surface area contributed by atoms with Crippen LogP contribution in [-0.4, -0.2) is 6.61 Å². The van der Waals surface area contributed by atoms with Gasteiger partial charge in [0, 0.05) is 5.69 Å². The van der Waals surface area contributed by atoms with E-state index in [1.54, 1.807) is 6.07 Å². The van der Waals surface area contributed by atoms with E-state index in [1.807, 2.05) is 12.1 Å². The molecule has 0 aliphatic heterocycles. The molecule has 82 valence electrons. The molecular formula is C12H16ClNO. The summed E-state index contributed by atoms with van der Waals surface area (Å²) < 4.78 is 5.69. The summed E-state index contributed by atoms with van der Waals surface area (Å²) in [5.74, 6) is 1.45. The Balaban J connectivity index is 1.92. The van der Waals surface area contributed by atoms with Crippen LogP contribution in [0.4, 0.5) is 5.69 Å². The second kappa shape index (κ2) is 4.75. The van der Waals surface area contributed by atoms with E-state index in [0.717, 1.165) is 12.4 Å². The Kier molecular flexibility index (Phi) is 3.37. The Morgan fingerprint density at radius 1 is 1.33 bits per heavy atom. The predicted octanol–water partition coefficient (Wildman–Crippen LogP) is 3.49. The van der Waals surface area contributed by atoms with Gasteiger partial charge in [-0.1, -0.05) is 24.4 Å². The molecular weight excluding hydrogens is 210 g/mol. The lowest BCUT2D eigenvalue weighted by atomic mass is 10.1. The monoisotopic (exact) mass is 225 g/mol. The van der Waals surface area contributed by atoms with E-state index in [1.165, 1.54) is 25.7 Å². The molecule has 0 aromatic heterocycles. The Morgan fingerprint density at radius 3 is 2.73 bits per heavy atom. The van der Waals surface area contributed by atoms with E-state index < -0.39 is 0 Å². The zero-order chi connectivity index (χ0) is 10.7. The molecule has 1 saturated carbocycles. The molecule has 0 spiro atoms. The van der Waals surface area contributed by atoms with Crippen LogP contribution in [0.1, 0.15) is 25.7 Å². The average Bonchev–Trinajstić information content (AvgIpc) is 2.69. The van der Waals surface area contributed by atoms with E-state index >= 15 is 0 Å². The third-order valence-electron chi connectivity index (χ3n) is 2.91. The first-order valence-corrected chi connectivity index (χ1v) is 5.81. The molecule has 0 radical (unpaired) electrons. The summed E-state index contributed by atoms with van der Waals surface area (Å²) in [4.78, 5) is 0. The van der Waals surface area contributed by atoms with Crippen molar-refractivity contribution in [2.75, 3.05) is 12.3 Å². The van der Waals surface area contributed by atoms with Crippen molar-refractivity contribution in [1.82, 2.24) is 0 Å². The first kappa shape index (κ1) is 10.6. The van der Waals surface area contributed by atoms with Gasteiger partial charge in [-0.3, -0.25) is 0 Å². The molecule has 0 bridgehead atoms. The van der Waals surface area contributed by atoms with Crippen molar-refractivity contribution < 1.29 is 4.74 Å².